The van der Waals surface area contributed by atoms with Crippen molar-refractivity contribution in [2.45, 2.75) is 53.4 Å². The molecule has 0 radical (unpaired) electrons. The normalized spacial score (nSPS) is 12.0. The van der Waals surface area contributed by atoms with Gasteiger partial charge < -0.3 is 9.47 Å². The zero-order chi connectivity index (χ0) is 16.1. The molecule has 0 bridgehead atoms. The summed E-state index contributed by atoms with van der Waals surface area (Å²) < 4.78 is 10.0. The SMILES string of the molecule is CCCCC(CC)COC(=O)/C=C/C(=O)OCC=C(C)C. The first kappa shape index (κ1) is 19.4. The van der Waals surface area contributed by atoms with E-state index < -0.39 is 11.9 Å². The van der Waals surface area contributed by atoms with Crippen LogP contribution in [0.4, 0.5) is 0 Å². The first-order valence-corrected chi connectivity index (χ1v) is 7.64. The topological polar surface area (TPSA) is 52.6 Å². The van der Waals surface area contributed by atoms with Crippen LogP contribution in [0.3, 0.4) is 0 Å². The molecule has 4 nitrogen and oxygen atoms in total. The number of carbonyl (C=O) groups excluding carboxylic acids is 2. The summed E-state index contributed by atoms with van der Waals surface area (Å²) in [6, 6.07) is 0. The maximum Gasteiger partial charge on any atom is 0.331 e. The summed E-state index contributed by atoms with van der Waals surface area (Å²) in [5.74, 6) is -0.640. The molecule has 0 saturated carbocycles. The number of esters is 2. The highest BCUT2D eigenvalue weighted by molar-refractivity contribution is 5.91. The van der Waals surface area contributed by atoms with E-state index in [1.54, 1.807) is 6.08 Å². The zero-order valence-corrected chi connectivity index (χ0v) is 13.7. The number of rotatable bonds is 10. The molecular formula is C17H28O4. The van der Waals surface area contributed by atoms with E-state index in [9.17, 15) is 9.59 Å². The van der Waals surface area contributed by atoms with E-state index in [-0.39, 0.29) is 6.61 Å². The van der Waals surface area contributed by atoms with Gasteiger partial charge in [-0.15, -0.1) is 0 Å². The van der Waals surface area contributed by atoms with Gasteiger partial charge in [-0.1, -0.05) is 38.7 Å². The molecule has 0 aromatic rings. The fraction of sp³-hybridized carbons (Fsp3) is 0.647. The van der Waals surface area contributed by atoms with Crippen LogP contribution in [0.2, 0.25) is 0 Å². The molecule has 120 valence electrons. The fourth-order valence-electron chi connectivity index (χ4n) is 1.62. The van der Waals surface area contributed by atoms with E-state index in [0.29, 0.717) is 12.5 Å². The quantitative estimate of drug-likeness (QED) is 0.349. The lowest BCUT2D eigenvalue weighted by molar-refractivity contribution is -0.140. The summed E-state index contributed by atoms with van der Waals surface area (Å²) in [7, 11) is 0. The second-order valence-electron chi connectivity index (χ2n) is 5.29. The van der Waals surface area contributed by atoms with E-state index in [1.165, 1.54) is 0 Å². The summed E-state index contributed by atoms with van der Waals surface area (Å²) >= 11 is 0. The van der Waals surface area contributed by atoms with Crippen molar-refractivity contribution >= 4 is 11.9 Å². The minimum Gasteiger partial charge on any atom is -0.462 e. The third-order valence-corrected chi connectivity index (χ3v) is 3.08. The Morgan fingerprint density at radius 1 is 1.05 bits per heavy atom. The smallest absolute Gasteiger partial charge is 0.331 e. The van der Waals surface area contributed by atoms with Gasteiger partial charge >= 0.3 is 11.9 Å². The molecule has 0 saturated heterocycles. The molecule has 0 spiro atoms. The molecule has 0 aliphatic rings. The number of hydrogen-bond acceptors (Lipinski definition) is 4. The van der Waals surface area contributed by atoms with Crippen molar-refractivity contribution in [2.75, 3.05) is 13.2 Å². The van der Waals surface area contributed by atoms with Gasteiger partial charge in [0.05, 0.1) is 6.61 Å². The number of ether oxygens (including phenoxy) is 2. The Morgan fingerprint density at radius 2 is 1.67 bits per heavy atom. The molecule has 21 heavy (non-hydrogen) atoms. The highest BCUT2D eigenvalue weighted by Crippen LogP contribution is 2.12. The Bertz CT molecular complexity index is 365. The van der Waals surface area contributed by atoms with E-state index in [2.05, 4.69) is 13.8 Å². The predicted octanol–water partition coefficient (Wildman–Crippen LogP) is 3.81. The third-order valence-electron chi connectivity index (χ3n) is 3.08. The minimum atomic E-state index is -0.539. The molecule has 0 N–H and O–H groups in total. The van der Waals surface area contributed by atoms with Crippen LogP contribution in [-0.4, -0.2) is 25.2 Å². The molecule has 0 aliphatic heterocycles. The Labute approximate surface area is 128 Å². The molecule has 0 fully saturated rings. The average molecular weight is 296 g/mol. The number of carbonyl (C=O) groups is 2. The fourth-order valence-corrected chi connectivity index (χ4v) is 1.62. The standard InChI is InChI=1S/C17H28O4/c1-5-7-8-15(6-2)13-21-17(19)10-9-16(18)20-12-11-14(3)4/h9-11,15H,5-8,12-13H2,1-4H3/b10-9+. The lowest BCUT2D eigenvalue weighted by atomic mass is 10.0. The predicted molar refractivity (Wildman–Crippen MR) is 83.8 cm³/mol. The van der Waals surface area contributed by atoms with Crippen molar-refractivity contribution in [1.82, 2.24) is 0 Å². The van der Waals surface area contributed by atoms with Gasteiger partial charge in [0.2, 0.25) is 0 Å². The monoisotopic (exact) mass is 296 g/mol. The highest BCUT2D eigenvalue weighted by Gasteiger charge is 2.08. The first-order valence-electron chi connectivity index (χ1n) is 7.64. The van der Waals surface area contributed by atoms with Crippen LogP contribution in [0, 0.1) is 5.92 Å². The van der Waals surface area contributed by atoms with Crippen molar-refractivity contribution in [3.8, 4) is 0 Å². The van der Waals surface area contributed by atoms with Crippen LogP contribution in [0.5, 0.6) is 0 Å². The second-order valence-corrected chi connectivity index (χ2v) is 5.29. The largest absolute Gasteiger partial charge is 0.462 e. The average Bonchev–Trinajstić information content (AvgIpc) is 2.45. The summed E-state index contributed by atoms with van der Waals surface area (Å²) in [5.41, 5.74) is 1.07. The molecule has 0 amide bonds. The minimum absolute atomic E-state index is 0.218. The lowest BCUT2D eigenvalue weighted by Crippen LogP contribution is -2.12. The van der Waals surface area contributed by atoms with Crippen molar-refractivity contribution in [2.24, 2.45) is 5.92 Å². The molecule has 0 aromatic heterocycles. The Balaban J connectivity index is 3.98. The van der Waals surface area contributed by atoms with Crippen LogP contribution < -0.4 is 0 Å². The Morgan fingerprint density at radius 3 is 2.19 bits per heavy atom. The summed E-state index contributed by atoms with van der Waals surface area (Å²) in [6.45, 7) is 8.70. The van der Waals surface area contributed by atoms with E-state index in [0.717, 1.165) is 43.4 Å². The van der Waals surface area contributed by atoms with Gasteiger partial charge in [-0.05, 0) is 32.3 Å². The van der Waals surface area contributed by atoms with Gasteiger partial charge in [-0.25, -0.2) is 9.59 Å². The number of allylic oxidation sites excluding steroid dienone is 1. The molecule has 4 heteroatoms. The van der Waals surface area contributed by atoms with Crippen LogP contribution in [0.15, 0.2) is 23.8 Å². The van der Waals surface area contributed by atoms with Crippen LogP contribution >= 0.6 is 0 Å². The van der Waals surface area contributed by atoms with Crippen molar-refractivity contribution in [3.63, 3.8) is 0 Å². The van der Waals surface area contributed by atoms with Gasteiger partial charge in [0.25, 0.3) is 0 Å². The van der Waals surface area contributed by atoms with Crippen LogP contribution in [0.25, 0.3) is 0 Å². The summed E-state index contributed by atoms with van der Waals surface area (Å²) in [5, 5.41) is 0. The van der Waals surface area contributed by atoms with Gasteiger partial charge in [0.1, 0.15) is 6.61 Å². The molecule has 0 heterocycles. The Hall–Kier alpha value is -1.58. The summed E-state index contributed by atoms with van der Waals surface area (Å²) in [4.78, 5) is 22.8. The lowest BCUT2D eigenvalue weighted by Gasteiger charge is -2.13. The van der Waals surface area contributed by atoms with Crippen LogP contribution in [-0.2, 0) is 19.1 Å². The zero-order valence-electron chi connectivity index (χ0n) is 13.7. The molecule has 0 aliphatic carbocycles. The van der Waals surface area contributed by atoms with E-state index >= 15 is 0 Å². The number of unbranched alkanes of at least 4 members (excludes halogenated alkanes) is 1. The van der Waals surface area contributed by atoms with E-state index in [1.807, 2.05) is 13.8 Å². The molecule has 1 unspecified atom stereocenters. The summed E-state index contributed by atoms with van der Waals surface area (Å²) in [6.07, 6.45) is 8.36. The van der Waals surface area contributed by atoms with Gasteiger partial charge in [0.15, 0.2) is 0 Å². The van der Waals surface area contributed by atoms with Gasteiger partial charge in [0, 0.05) is 12.2 Å². The maximum absolute atomic E-state index is 11.5. The highest BCUT2D eigenvalue weighted by atomic mass is 16.5. The van der Waals surface area contributed by atoms with Gasteiger partial charge in [-0.2, -0.15) is 0 Å². The number of hydrogen-bond donors (Lipinski definition) is 0. The van der Waals surface area contributed by atoms with Gasteiger partial charge in [-0.3, -0.25) is 0 Å². The van der Waals surface area contributed by atoms with Crippen molar-refractivity contribution in [1.29, 1.82) is 0 Å². The first-order chi connectivity index (χ1) is 9.99. The third kappa shape index (κ3) is 11.9. The Kier molecular flexibility index (Phi) is 11.3. The van der Waals surface area contributed by atoms with Crippen LogP contribution in [0.1, 0.15) is 53.4 Å². The second kappa shape index (κ2) is 12.2. The van der Waals surface area contributed by atoms with E-state index in [4.69, 9.17) is 9.47 Å². The maximum atomic E-state index is 11.5. The molecule has 0 aromatic carbocycles. The van der Waals surface area contributed by atoms with Crippen molar-refractivity contribution in [3.05, 3.63) is 23.8 Å². The molecular weight excluding hydrogens is 268 g/mol. The molecule has 1 atom stereocenters. The molecule has 0 rings (SSSR count). The van der Waals surface area contributed by atoms with Crippen molar-refractivity contribution < 1.29 is 19.1 Å².